The van der Waals surface area contributed by atoms with Crippen molar-refractivity contribution in [3.05, 3.63) is 35.6 Å². The number of carbonyl (C=O) groups excluding carboxylic acids is 1. The molecule has 1 aliphatic rings. The molecular weight excluding hydrogens is 237 g/mol. The molecule has 0 saturated carbocycles. The van der Waals surface area contributed by atoms with Crippen LogP contribution in [0.25, 0.3) is 0 Å². The van der Waals surface area contributed by atoms with Gasteiger partial charge in [0.2, 0.25) is 5.91 Å². The molecule has 1 aromatic rings. The maximum Gasteiger partial charge on any atom is 0.326 e. The van der Waals surface area contributed by atoms with E-state index >= 15 is 0 Å². The Bertz CT molecular complexity index is 472. The second-order valence-electron chi connectivity index (χ2n) is 4.43. The Morgan fingerprint density at radius 1 is 1.28 bits per heavy atom. The summed E-state index contributed by atoms with van der Waals surface area (Å²) in [6, 6.07) is 4.78. The molecule has 4 nitrogen and oxygen atoms in total. The summed E-state index contributed by atoms with van der Waals surface area (Å²) in [7, 11) is 0. The molecule has 1 aromatic carbocycles. The molecule has 1 heterocycles. The van der Waals surface area contributed by atoms with Crippen molar-refractivity contribution in [2.75, 3.05) is 0 Å². The first-order chi connectivity index (χ1) is 8.50. The van der Waals surface area contributed by atoms with Crippen LogP contribution >= 0.6 is 0 Å². The molecule has 0 bridgehead atoms. The highest BCUT2D eigenvalue weighted by Gasteiger charge is 2.40. The highest BCUT2D eigenvalue weighted by atomic mass is 19.1. The predicted molar refractivity (Wildman–Crippen MR) is 62.3 cm³/mol. The maximum atomic E-state index is 12.9. The third-order valence-electron chi connectivity index (χ3n) is 3.29. The number of carboxylic acids is 1. The Labute approximate surface area is 104 Å². The first kappa shape index (κ1) is 12.5. The first-order valence-corrected chi connectivity index (χ1v) is 5.78. The second-order valence-corrected chi connectivity index (χ2v) is 4.43. The van der Waals surface area contributed by atoms with Crippen LogP contribution in [0.4, 0.5) is 4.39 Å². The number of aliphatic carboxylic acids is 1. The van der Waals surface area contributed by atoms with Crippen LogP contribution in [0.1, 0.15) is 31.4 Å². The summed E-state index contributed by atoms with van der Waals surface area (Å²) in [5.41, 5.74) is 0.773. The minimum atomic E-state index is -0.991. The number of benzene rings is 1. The number of halogens is 1. The average Bonchev–Trinajstić information content (AvgIpc) is 2.74. The van der Waals surface area contributed by atoms with E-state index in [0.29, 0.717) is 12.8 Å². The van der Waals surface area contributed by atoms with Crippen LogP contribution in [0.2, 0.25) is 0 Å². The Kier molecular flexibility index (Phi) is 3.32. The van der Waals surface area contributed by atoms with E-state index in [1.807, 2.05) is 0 Å². The van der Waals surface area contributed by atoms with Crippen molar-refractivity contribution >= 4 is 11.9 Å². The largest absolute Gasteiger partial charge is 0.480 e. The number of rotatable bonds is 2. The first-order valence-electron chi connectivity index (χ1n) is 5.78. The van der Waals surface area contributed by atoms with Gasteiger partial charge in [-0.05, 0) is 30.5 Å². The molecule has 1 fully saturated rings. The van der Waals surface area contributed by atoms with Gasteiger partial charge in [0.15, 0.2) is 0 Å². The topological polar surface area (TPSA) is 57.6 Å². The zero-order chi connectivity index (χ0) is 13.3. The molecule has 1 amide bonds. The predicted octanol–water partition coefficient (Wildman–Crippen LogP) is 1.96. The maximum absolute atomic E-state index is 12.9. The fourth-order valence-electron chi connectivity index (χ4n) is 2.50. The summed E-state index contributed by atoms with van der Waals surface area (Å²) in [6.07, 6.45) is 1.01. The molecule has 0 spiro atoms. The molecule has 1 N–H and O–H groups in total. The van der Waals surface area contributed by atoms with Gasteiger partial charge >= 0.3 is 5.97 Å². The van der Waals surface area contributed by atoms with E-state index in [-0.39, 0.29) is 17.8 Å². The summed E-state index contributed by atoms with van der Waals surface area (Å²) in [6.45, 7) is 1.36. The van der Waals surface area contributed by atoms with Crippen molar-refractivity contribution in [1.82, 2.24) is 4.90 Å². The van der Waals surface area contributed by atoms with Crippen molar-refractivity contribution in [2.24, 2.45) is 0 Å². The van der Waals surface area contributed by atoms with Crippen LogP contribution in [-0.4, -0.2) is 27.9 Å². The van der Waals surface area contributed by atoms with Gasteiger partial charge in [-0.1, -0.05) is 12.1 Å². The van der Waals surface area contributed by atoms with E-state index in [1.165, 1.54) is 24.0 Å². The normalized spacial score (nSPS) is 23.1. The zero-order valence-corrected chi connectivity index (χ0v) is 9.97. The zero-order valence-electron chi connectivity index (χ0n) is 9.97. The quantitative estimate of drug-likeness (QED) is 0.874. The molecule has 1 aliphatic heterocycles. The molecule has 5 heteroatoms. The fourth-order valence-corrected chi connectivity index (χ4v) is 2.50. The number of hydrogen-bond donors (Lipinski definition) is 1. The van der Waals surface area contributed by atoms with Gasteiger partial charge in [-0.3, -0.25) is 4.79 Å². The third-order valence-corrected chi connectivity index (χ3v) is 3.29. The lowest BCUT2D eigenvalue weighted by molar-refractivity contribution is -0.148. The third kappa shape index (κ3) is 2.20. The van der Waals surface area contributed by atoms with Crippen LogP contribution in [0.15, 0.2) is 24.3 Å². The lowest BCUT2D eigenvalue weighted by Crippen LogP contribution is -2.40. The van der Waals surface area contributed by atoms with Crippen LogP contribution in [0.3, 0.4) is 0 Å². The van der Waals surface area contributed by atoms with Crippen LogP contribution < -0.4 is 0 Å². The number of likely N-dealkylation sites (tertiary alicyclic amines) is 1. The van der Waals surface area contributed by atoms with Gasteiger partial charge < -0.3 is 10.0 Å². The smallest absolute Gasteiger partial charge is 0.326 e. The molecule has 18 heavy (non-hydrogen) atoms. The summed E-state index contributed by atoms with van der Waals surface area (Å²) in [5.74, 6) is -1.61. The van der Waals surface area contributed by atoms with E-state index in [2.05, 4.69) is 0 Å². The average molecular weight is 251 g/mol. The fraction of sp³-hybridized carbons (Fsp3) is 0.385. The van der Waals surface area contributed by atoms with Crippen LogP contribution in [0, 0.1) is 5.82 Å². The summed E-state index contributed by atoms with van der Waals surface area (Å²) >= 11 is 0. The molecule has 2 atom stereocenters. The molecule has 0 radical (unpaired) electrons. The Morgan fingerprint density at radius 2 is 1.89 bits per heavy atom. The number of carboxylic acid groups (broad SMARTS) is 1. The number of nitrogens with zero attached hydrogens (tertiary/aromatic N) is 1. The SMILES string of the molecule is CC(=O)N1[C@H](C(=O)O)CC[C@H]1c1ccc(F)cc1. The molecule has 0 aromatic heterocycles. The lowest BCUT2D eigenvalue weighted by atomic mass is 10.0. The Balaban J connectivity index is 2.30. The second kappa shape index (κ2) is 4.76. The number of hydrogen-bond acceptors (Lipinski definition) is 2. The summed E-state index contributed by atoms with van der Waals surface area (Å²) in [4.78, 5) is 24.1. The molecule has 0 unspecified atom stereocenters. The van der Waals surface area contributed by atoms with Crippen LogP contribution in [0.5, 0.6) is 0 Å². The standard InChI is InChI=1S/C13H14FNO3/c1-8(16)15-11(6-7-12(15)13(17)18)9-2-4-10(14)5-3-9/h2-5,11-12H,6-7H2,1H3,(H,17,18)/t11-,12-/m0/s1. The van der Waals surface area contributed by atoms with Gasteiger partial charge in [-0.15, -0.1) is 0 Å². The van der Waals surface area contributed by atoms with E-state index in [0.717, 1.165) is 5.56 Å². The van der Waals surface area contributed by atoms with Gasteiger partial charge in [-0.2, -0.15) is 0 Å². The van der Waals surface area contributed by atoms with Gasteiger partial charge in [-0.25, -0.2) is 9.18 Å². The van der Waals surface area contributed by atoms with Gasteiger partial charge in [0, 0.05) is 6.92 Å². The summed E-state index contributed by atoms with van der Waals surface area (Å²) in [5, 5.41) is 9.09. The van der Waals surface area contributed by atoms with E-state index < -0.39 is 12.0 Å². The van der Waals surface area contributed by atoms with E-state index in [4.69, 9.17) is 5.11 Å². The van der Waals surface area contributed by atoms with Crippen molar-refractivity contribution in [2.45, 2.75) is 31.8 Å². The molecule has 1 saturated heterocycles. The van der Waals surface area contributed by atoms with E-state index in [1.54, 1.807) is 12.1 Å². The van der Waals surface area contributed by atoms with Gasteiger partial charge in [0.05, 0.1) is 6.04 Å². The van der Waals surface area contributed by atoms with Crippen molar-refractivity contribution in [1.29, 1.82) is 0 Å². The van der Waals surface area contributed by atoms with E-state index in [9.17, 15) is 14.0 Å². The monoisotopic (exact) mass is 251 g/mol. The summed E-state index contributed by atoms with van der Waals surface area (Å²) < 4.78 is 12.9. The van der Waals surface area contributed by atoms with Crippen molar-refractivity contribution < 1.29 is 19.1 Å². The molecule has 0 aliphatic carbocycles. The minimum Gasteiger partial charge on any atom is -0.480 e. The lowest BCUT2D eigenvalue weighted by Gasteiger charge is -2.27. The van der Waals surface area contributed by atoms with Crippen molar-refractivity contribution in [3.8, 4) is 0 Å². The minimum absolute atomic E-state index is 0.269. The number of carbonyl (C=O) groups is 2. The molecule has 96 valence electrons. The highest BCUT2D eigenvalue weighted by Crippen LogP contribution is 2.36. The highest BCUT2D eigenvalue weighted by molar-refractivity contribution is 5.83. The Morgan fingerprint density at radius 3 is 2.39 bits per heavy atom. The molecular formula is C13H14FNO3. The van der Waals surface area contributed by atoms with Crippen molar-refractivity contribution in [3.63, 3.8) is 0 Å². The van der Waals surface area contributed by atoms with Crippen LogP contribution in [-0.2, 0) is 9.59 Å². The Hall–Kier alpha value is -1.91. The van der Waals surface area contributed by atoms with Gasteiger partial charge in [0.1, 0.15) is 11.9 Å². The van der Waals surface area contributed by atoms with Gasteiger partial charge in [0.25, 0.3) is 0 Å². The molecule has 2 rings (SSSR count). The number of amides is 1.